The largest absolute Gasteiger partial charge is 0.231 e. The van der Waals surface area contributed by atoms with Gasteiger partial charge in [-0.1, -0.05) is 182 Å². The molecule has 57 heavy (non-hydrogen) atoms. The summed E-state index contributed by atoms with van der Waals surface area (Å²) in [5.74, 6) is 1.88. The number of rotatable bonds is 6. The van der Waals surface area contributed by atoms with Gasteiger partial charge in [0.1, 0.15) is 5.69 Å². The minimum atomic E-state index is 0.614. The maximum absolute atomic E-state index is 5.38. The quantitative estimate of drug-likeness (QED) is 0.171. The van der Waals surface area contributed by atoms with Crippen LogP contribution in [-0.4, -0.2) is 24.6 Å². The highest BCUT2D eigenvalue weighted by molar-refractivity contribution is 6.08. The first kappa shape index (κ1) is 32.7. The average molecular weight is 728 g/mol. The molecule has 0 aliphatic rings. The fraction of sp³-hybridized carbons (Fsp3) is 0. The molecule has 5 heteroatoms. The fourth-order valence-electron chi connectivity index (χ4n) is 7.98. The third kappa shape index (κ3) is 5.81. The van der Waals surface area contributed by atoms with Gasteiger partial charge in [-0.15, -0.1) is 0 Å². The lowest BCUT2D eigenvalue weighted by molar-refractivity contribution is 0.979. The van der Waals surface area contributed by atoms with Crippen LogP contribution in [0.3, 0.4) is 0 Å². The minimum absolute atomic E-state index is 0.614. The summed E-state index contributed by atoms with van der Waals surface area (Å²) in [6, 6.07) is 69.9. The number of aromatic nitrogens is 5. The van der Waals surface area contributed by atoms with Crippen LogP contribution >= 0.6 is 0 Å². The van der Waals surface area contributed by atoms with Gasteiger partial charge in [0, 0.05) is 38.8 Å². The van der Waals surface area contributed by atoms with E-state index in [-0.39, 0.29) is 0 Å². The van der Waals surface area contributed by atoms with Gasteiger partial charge in [0.15, 0.2) is 17.5 Å². The standard InChI is InChI=1S/C52H33N5/c1-3-15-37(16-4-1)47-48(38-17-5-2-6-18-38)56-57-46(33-42-21-11-12-22-45(42)49(47)57)36-25-27-39(28-26-36)50-53-51(43-29-23-34-13-7-9-19-40(34)31-43)55-52(54-50)44-30-24-35-14-8-10-20-41(35)32-44/h1-33H. The van der Waals surface area contributed by atoms with E-state index in [1.165, 1.54) is 10.8 Å². The Morgan fingerprint density at radius 1 is 0.316 bits per heavy atom. The van der Waals surface area contributed by atoms with E-state index in [0.717, 1.165) is 77.4 Å². The molecule has 0 bridgehead atoms. The van der Waals surface area contributed by atoms with Crippen molar-refractivity contribution in [2.24, 2.45) is 0 Å². The lowest BCUT2D eigenvalue weighted by Crippen LogP contribution is -2.00. The van der Waals surface area contributed by atoms with E-state index in [4.69, 9.17) is 20.1 Å². The van der Waals surface area contributed by atoms with Gasteiger partial charge in [-0.05, 0) is 50.7 Å². The molecule has 0 aliphatic heterocycles. The highest BCUT2D eigenvalue weighted by atomic mass is 15.2. The molecule has 11 rings (SSSR count). The second kappa shape index (κ2) is 13.5. The van der Waals surface area contributed by atoms with E-state index in [1.54, 1.807) is 0 Å². The molecule has 0 aliphatic carbocycles. The molecule has 11 aromatic rings. The third-order valence-corrected chi connectivity index (χ3v) is 10.8. The lowest BCUT2D eigenvalue weighted by Gasteiger charge is -2.12. The summed E-state index contributed by atoms with van der Waals surface area (Å²) in [6.07, 6.45) is 0. The Kier molecular flexibility index (Phi) is 7.74. The average Bonchev–Trinajstić information content (AvgIpc) is 3.70. The zero-order valence-corrected chi connectivity index (χ0v) is 30.8. The molecule has 0 spiro atoms. The van der Waals surface area contributed by atoms with Crippen LogP contribution in [0, 0.1) is 0 Å². The fourth-order valence-corrected chi connectivity index (χ4v) is 7.98. The first-order valence-electron chi connectivity index (χ1n) is 19.1. The molecule has 0 N–H and O–H groups in total. The summed E-state index contributed by atoms with van der Waals surface area (Å²) < 4.78 is 2.13. The van der Waals surface area contributed by atoms with Gasteiger partial charge in [-0.2, -0.15) is 5.10 Å². The first-order chi connectivity index (χ1) is 28.2. The molecule has 3 heterocycles. The molecule has 5 nitrogen and oxygen atoms in total. The summed E-state index contributed by atoms with van der Waals surface area (Å²) in [6.45, 7) is 0. The van der Waals surface area contributed by atoms with Crippen LogP contribution in [-0.2, 0) is 0 Å². The van der Waals surface area contributed by atoms with Crippen LogP contribution in [0.5, 0.6) is 0 Å². The van der Waals surface area contributed by atoms with Gasteiger partial charge in [0.25, 0.3) is 0 Å². The Labute approximate surface area is 329 Å². The van der Waals surface area contributed by atoms with E-state index in [9.17, 15) is 0 Å². The molecular formula is C52H33N5. The first-order valence-corrected chi connectivity index (χ1v) is 19.1. The van der Waals surface area contributed by atoms with Crippen molar-refractivity contribution in [3.05, 3.63) is 200 Å². The van der Waals surface area contributed by atoms with Crippen LogP contribution in [0.1, 0.15) is 0 Å². The Morgan fingerprint density at radius 3 is 1.37 bits per heavy atom. The van der Waals surface area contributed by atoms with E-state index in [0.29, 0.717) is 17.5 Å². The van der Waals surface area contributed by atoms with E-state index >= 15 is 0 Å². The van der Waals surface area contributed by atoms with Gasteiger partial charge < -0.3 is 0 Å². The molecule has 0 atom stereocenters. The zero-order valence-electron chi connectivity index (χ0n) is 30.8. The maximum atomic E-state index is 5.38. The summed E-state index contributed by atoms with van der Waals surface area (Å²) in [7, 11) is 0. The summed E-state index contributed by atoms with van der Waals surface area (Å²) >= 11 is 0. The molecule has 0 radical (unpaired) electrons. The SMILES string of the molecule is c1ccc(-c2nn3c(-c4ccc(-c5nc(-c6ccc7ccccc7c6)nc(-c6ccc7ccccc7c6)n5)cc4)cc4ccccc4c3c2-c2ccccc2)cc1. The van der Waals surface area contributed by atoms with Crippen molar-refractivity contribution in [3.8, 4) is 67.8 Å². The number of nitrogens with zero attached hydrogens (tertiary/aromatic N) is 5. The molecule has 0 saturated heterocycles. The number of hydrogen-bond acceptors (Lipinski definition) is 4. The van der Waals surface area contributed by atoms with Gasteiger partial charge in [-0.3, -0.25) is 0 Å². The van der Waals surface area contributed by atoms with Crippen LogP contribution in [0.15, 0.2) is 200 Å². The zero-order chi connectivity index (χ0) is 37.7. The third-order valence-electron chi connectivity index (χ3n) is 10.8. The Bertz CT molecular complexity index is 3180. The number of hydrogen-bond donors (Lipinski definition) is 0. The molecule has 266 valence electrons. The minimum Gasteiger partial charge on any atom is -0.231 e. The maximum Gasteiger partial charge on any atom is 0.164 e. The second-order valence-electron chi connectivity index (χ2n) is 14.3. The number of benzene rings is 8. The predicted molar refractivity (Wildman–Crippen MR) is 234 cm³/mol. The lowest BCUT2D eigenvalue weighted by atomic mass is 9.97. The molecule has 0 amide bonds. The van der Waals surface area contributed by atoms with E-state index < -0.39 is 0 Å². The Balaban J connectivity index is 1.08. The van der Waals surface area contributed by atoms with Gasteiger partial charge in [0.2, 0.25) is 0 Å². The molecule has 0 fully saturated rings. The molecule has 0 saturated carbocycles. The van der Waals surface area contributed by atoms with Crippen LogP contribution in [0.4, 0.5) is 0 Å². The number of fused-ring (bicyclic) bond motifs is 5. The summed E-state index contributed by atoms with van der Waals surface area (Å²) in [4.78, 5) is 15.3. The Hall–Kier alpha value is -7.76. The van der Waals surface area contributed by atoms with Crippen molar-refractivity contribution in [1.29, 1.82) is 0 Å². The highest BCUT2D eigenvalue weighted by Crippen LogP contribution is 2.41. The van der Waals surface area contributed by atoms with Crippen molar-refractivity contribution < 1.29 is 0 Å². The molecule has 8 aromatic carbocycles. The van der Waals surface area contributed by atoms with Crippen LogP contribution < -0.4 is 0 Å². The topological polar surface area (TPSA) is 56.0 Å². The van der Waals surface area contributed by atoms with Crippen LogP contribution in [0.25, 0.3) is 106 Å². The van der Waals surface area contributed by atoms with Crippen molar-refractivity contribution in [2.75, 3.05) is 0 Å². The van der Waals surface area contributed by atoms with E-state index in [1.807, 2.05) is 6.07 Å². The van der Waals surface area contributed by atoms with E-state index in [2.05, 4.69) is 199 Å². The molecule has 0 unspecified atom stereocenters. The molecular weight excluding hydrogens is 695 g/mol. The van der Waals surface area contributed by atoms with Crippen molar-refractivity contribution in [3.63, 3.8) is 0 Å². The summed E-state index contributed by atoms with van der Waals surface area (Å²) in [5, 5.41) is 12.3. The van der Waals surface area contributed by atoms with Crippen LogP contribution in [0.2, 0.25) is 0 Å². The second-order valence-corrected chi connectivity index (χ2v) is 14.3. The van der Waals surface area contributed by atoms with Crippen molar-refractivity contribution >= 4 is 37.8 Å². The highest BCUT2D eigenvalue weighted by Gasteiger charge is 2.22. The molecule has 3 aromatic heterocycles. The normalized spacial score (nSPS) is 11.5. The van der Waals surface area contributed by atoms with Gasteiger partial charge >= 0.3 is 0 Å². The number of pyridine rings is 1. The Morgan fingerprint density at radius 2 is 0.772 bits per heavy atom. The van der Waals surface area contributed by atoms with Gasteiger partial charge in [-0.25, -0.2) is 19.5 Å². The van der Waals surface area contributed by atoms with Crippen molar-refractivity contribution in [2.45, 2.75) is 0 Å². The summed E-state index contributed by atoms with van der Waals surface area (Å²) in [5.41, 5.74) is 10.2. The predicted octanol–water partition coefficient (Wildman–Crippen LogP) is 13.0. The smallest absolute Gasteiger partial charge is 0.164 e. The van der Waals surface area contributed by atoms with Gasteiger partial charge in [0.05, 0.1) is 11.2 Å². The van der Waals surface area contributed by atoms with Crippen molar-refractivity contribution in [1.82, 2.24) is 24.6 Å². The monoisotopic (exact) mass is 727 g/mol.